The minimum Gasteiger partial charge on any atom is -0.507 e. The van der Waals surface area contributed by atoms with E-state index in [1.807, 2.05) is 13.8 Å². The lowest BCUT2D eigenvalue weighted by Gasteiger charge is -2.26. The smallest absolute Gasteiger partial charge is 0.326 e. The average Bonchev–Trinajstić information content (AvgIpc) is 3.30. The van der Waals surface area contributed by atoms with Crippen LogP contribution in [-0.4, -0.2) is 47.3 Å². The van der Waals surface area contributed by atoms with Gasteiger partial charge in [0.05, 0.1) is 13.2 Å². The van der Waals surface area contributed by atoms with Gasteiger partial charge in [-0.25, -0.2) is 9.59 Å². The van der Waals surface area contributed by atoms with Crippen molar-refractivity contribution in [1.29, 1.82) is 0 Å². The van der Waals surface area contributed by atoms with Gasteiger partial charge in [0.2, 0.25) is 0 Å². The zero-order valence-electron chi connectivity index (χ0n) is 42.0. The van der Waals surface area contributed by atoms with Crippen molar-refractivity contribution in [3.8, 4) is 23.0 Å². The molecule has 0 spiro atoms. The van der Waals surface area contributed by atoms with Crippen molar-refractivity contribution in [2.45, 2.75) is 105 Å². The topological polar surface area (TPSA) is 175 Å². The van der Waals surface area contributed by atoms with Crippen LogP contribution >= 0.6 is 23.2 Å². The van der Waals surface area contributed by atoms with Crippen molar-refractivity contribution in [2.24, 2.45) is 0 Å². The second kappa shape index (κ2) is 22.2. The minimum atomic E-state index is -0.770. The molecule has 376 valence electrons. The van der Waals surface area contributed by atoms with Gasteiger partial charge in [-0.05, 0) is 130 Å². The predicted octanol–water partition coefficient (Wildman–Crippen LogP) is 13.2. The third-order valence-electron chi connectivity index (χ3n) is 12.4. The van der Waals surface area contributed by atoms with E-state index in [0.29, 0.717) is 81.2 Å². The van der Waals surface area contributed by atoms with Crippen LogP contribution in [0.3, 0.4) is 0 Å². The van der Waals surface area contributed by atoms with Gasteiger partial charge in [-0.3, -0.25) is 20.2 Å². The lowest BCUT2D eigenvalue weighted by atomic mass is 9.81. The van der Waals surface area contributed by atoms with E-state index in [4.69, 9.17) is 32.7 Å². The molecule has 0 aliphatic heterocycles. The van der Waals surface area contributed by atoms with Crippen LogP contribution in [0, 0.1) is 0 Å². The Kier molecular flexibility index (Phi) is 16.3. The first kappa shape index (κ1) is 52.8. The number of amides is 6. The number of carbonyl (C=O) groups is 4. The van der Waals surface area contributed by atoms with E-state index < -0.39 is 23.9 Å². The number of hydrogen-bond donors (Lipinski definition) is 6. The van der Waals surface area contributed by atoms with Crippen LogP contribution < -0.4 is 30.7 Å². The lowest BCUT2D eigenvalue weighted by Crippen LogP contribution is -2.34. The molecule has 14 heteroatoms. The monoisotopic (exact) mass is 1010 g/mol. The van der Waals surface area contributed by atoms with E-state index in [1.54, 1.807) is 48.5 Å². The van der Waals surface area contributed by atoms with Gasteiger partial charge in [0.25, 0.3) is 11.8 Å². The molecule has 1 aliphatic rings. The molecule has 12 nitrogen and oxygen atoms in total. The molecule has 0 atom stereocenters. The number of benzene rings is 6. The number of rotatable bonds is 10. The van der Waals surface area contributed by atoms with Crippen LogP contribution in [0.2, 0.25) is 10.0 Å². The van der Waals surface area contributed by atoms with Gasteiger partial charge in [0.1, 0.15) is 23.0 Å². The van der Waals surface area contributed by atoms with Gasteiger partial charge in [0.15, 0.2) is 0 Å². The summed E-state index contributed by atoms with van der Waals surface area (Å²) in [6, 6.07) is 25.9. The first-order chi connectivity index (χ1) is 34.1. The molecule has 6 aromatic carbocycles. The van der Waals surface area contributed by atoms with E-state index in [0.717, 1.165) is 33.4 Å². The lowest BCUT2D eigenvalue weighted by molar-refractivity contribution is 0.0957. The Bertz CT molecular complexity index is 2730. The number of phenolic OH excluding ortho intramolecular Hbond substituents is 2. The Morgan fingerprint density at radius 1 is 0.486 bits per heavy atom. The summed E-state index contributed by atoms with van der Waals surface area (Å²) in [6.07, 6.45) is 2.00. The molecule has 0 aromatic heterocycles. The Morgan fingerprint density at radius 3 is 1.04 bits per heavy atom. The highest BCUT2D eigenvalue weighted by Gasteiger charge is 2.27. The Balaban J connectivity index is 1.43. The summed E-state index contributed by atoms with van der Waals surface area (Å²) in [5.74, 6) is -0.0869. The normalized spacial score (nSPS) is 12.4. The van der Waals surface area contributed by atoms with E-state index in [1.165, 1.54) is 24.3 Å². The molecule has 1 aliphatic carbocycles. The van der Waals surface area contributed by atoms with Crippen molar-refractivity contribution < 1.29 is 38.9 Å². The number of halogens is 2. The summed E-state index contributed by atoms with van der Waals surface area (Å²) in [5.41, 5.74) is 7.28. The van der Waals surface area contributed by atoms with Crippen LogP contribution in [-0.2, 0) is 36.5 Å². The first-order valence-corrected chi connectivity index (χ1v) is 24.9. The van der Waals surface area contributed by atoms with Gasteiger partial charge in [-0.1, -0.05) is 103 Å². The second-order valence-electron chi connectivity index (χ2n) is 20.3. The molecule has 0 unspecified atom stereocenters. The molecule has 6 N–H and O–H groups in total. The number of anilines is 2. The van der Waals surface area contributed by atoms with Gasteiger partial charge in [0, 0.05) is 80.5 Å². The van der Waals surface area contributed by atoms with Crippen LogP contribution in [0.4, 0.5) is 21.0 Å². The first-order valence-electron chi connectivity index (χ1n) is 24.1. The highest BCUT2D eigenvalue weighted by Crippen LogP contribution is 2.43. The Morgan fingerprint density at radius 2 is 0.778 bits per heavy atom. The number of phenols is 2. The molecule has 0 saturated heterocycles. The molecule has 0 fully saturated rings. The minimum absolute atomic E-state index is 0.0185. The molecule has 0 saturated carbocycles. The SMILES string of the molecule is CCCOc1c2cc(C(C)(C)C)cc1Cc1cc(NC(=O)NC(=O)c3ccc(Cl)cc3)cc(c1O)Cc1cc(C(C)(C)C)cc(c1OCCC)Cc1cc(NC(=O)NC(=O)c3ccc(Cl)cc3)cc(c1O)C2. The number of fused-ring (bicyclic) bond motifs is 8. The molecule has 0 radical (unpaired) electrons. The standard InChI is InChI=1S/C58H62Cl2N4O8/c1-9-19-71-51-39-21-35-29-47(61-55(69)63-53(67)33-11-15-45(59)16-12-33)31-37(49(35)65)23-41-27-44(58(6,7)8)28-42(52(41)72-20-10-2)24-38-32-48(62-56(70)64-54(68)34-13-17-46(60)18-14-34)30-36(50(38)66)22-40(51)26-43(25-39)57(3,4)5/h11-18,25-32,65-66H,9-10,19-24H2,1-8H3,(H2,61,63,67,69)(H2,62,64,68,70). The van der Waals surface area contributed by atoms with Crippen molar-refractivity contribution >= 4 is 58.5 Å². The summed E-state index contributed by atoms with van der Waals surface area (Å²) in [4.78, 5) is 53.5. The highest BCUT2D eigenvalue weighted by molar-refractivity contribution is 6.31. The molecule has 6 aromatic rings. The number of hydrogen-bond acceptors (Lipinski definition) is 8. The average molecular weight is 1010 g/mol. The third kappa shape index (κ3) is 12.9. The van der Waals surface area contributed by atoms with Crippen LogP contribution in [0.5, 0.6) is 23.0 Å². The number of imide groups is 2. The Labute approximate surface area is 431 Å². The van der Waals surface area contributed by atoms with E-state index >= 15 is 0 Å². The zero-order chi connectivity index (χ0) is 52.1. The quantitative estimate of drug-likeness (QED) is 0.0734. The van der Waals surface area contributed by atoms with Crippen molar-refractivity contribution in [1.82, 2.24) is 10.6 Å². The molecule has 8 bridgehead atoms. The fraction of sp³-hybridized carbons (Fsp3) is 0.310. The maximum Gasteiger partial charge on any atom is 0.326 e. The number of urea groups is 2. The maximum atomic E-state index is 13.6. The molecule has 72 heavy (non-hydrogen) atoms. The van der Waals surface area contributed by atoms with Crippen molar-refractivity contribution in [2.75, 3.05) is 23.8 Å². The Hall–Kier alpha value is -7.02. The van der Waals surface area contributed by atoms with E-state index in [9.17, 15) is 29.4 Å². The molecular weight excluding hydrogens is 952 g/mol. The fourth-order valence-corrected chi connectivity index (χ4v) is 8.83. The summed E-state index contributed by atoms with van der Waals surface area (Å²) < 4.78 is 13.3. The zero-order valence-corrected chi connectivity index (χ0v) is 43.5. The van der Waals surface area contributed by atoms with E-state index in [-0.39, 0.29) is 59.1 Å². The molecule has 0 heterocycles. The fourth-order valence-electron chi connectivity index (χ4n) is 8.58. The molecule has 6 amide bonds. The predicted molar refractivity (Wildman–Crippen MR) is 285 cm³/mol. The van der Waals surface area contributed by atoms with Crippen LogP contribution in [0.15, 0.2) is 97.1 Å². The third-order valence-corrected chi connectivity index (χ3v) is 12.9. The van der Waals surface area contributed by atoms with Gasteiger partial charge >= 0.3 is 12.1 Å². The summed E-state index contributed by atoms with van der Waals surface area (Å²) in [5, 5.41) is 36.4. The largest absolute Gasteiger partial charge is 0.507 e. The second-order valence-corrected chi connectivity index (χ2v) is 21.1. The summed E-state index contributed by atoms with van der Waals surface area (Å²) in [6.45, 7) is 17.3. The van der Waals surface area contributed by atoms with E-state index in [2.05, 4.69) is 87.1 Å². The molecule has 7 rings (SSSR count). The van der Waals surface area contributed by atoms with Crippen molar-refractivity contribution in [3.05, 3.63) is 174 Å². The molecular formula is C58H62Cl2N4O8. The van der Waals surface area contributed by atoms with Crippen LogP contribution in [0.1, 0.15) is 145 Å². The van der Waals surface area contributed by atoms with Gasteiger partial charge in [-0.2, -0.15) is 0 Å². The van der Waals surface area contributed by atoms with Crippen LogP contribution in [0.25, 0.3) is 0 Å². The summed E-state index contributed by atoms with van der Waals surface area (Å²) in [7, 11) is 0. The number of aromatic hydroxyl groups is 2. The maximum absolute atomic E-state index is 13.6. The highest BCUT2D eigenvalue weighted by atomic mass is 35.5. The summed E-state index contributed by atoms with van der Waals surface area (Å²) >= 11 is 12.1. The van der Waals surface area contributed by atoms with Gasteiger partial charge in [-0.15, -0.1) is 0 Å². The van der Waals surface area contributed by atoms with Gasteiger partial charge < -0.3 is 30.3 Å². The number of ether oxygens (including phenoxy) is 2. The number of carbonyl (C=O) groups excluding carboxylic acids is 4. The number of nitrogens with one attached hydrogen (secondary N) is 4. The van der Waals surface area contributed by atoms with Crippen molar-refractivity contribution in [3.63, 3.8) is 0 Å².